The summed E-state index contributed by atoms with van der Waals surface area (Å²) in [6, 6.07) is 10.1. The first kappa shape index (κ1) is 12.7. The summed E-state index contributed by atoms with van der Waals surface area (Å²) in [5, 5.41) is 9.97. The van der Waals surface area contributed by atoms with E-state index in [2.05, 4.69) is 0 Å². The van der Waals surface area contributed by atoms with Gasteiger partial charge in [-0.15, -0.1) is 0 Å². The van der Waals surface area contributed by atoms with Crippen LogP contribution in [0.2, 0.25) is 0 Å². The molecule has 0 fully saturated rings. The summed E-state index contributed by atoms with van der Waals surface area (Å²) in [5.74, 6) is 0.217. The van der Waals surface area contributed by atoms with Crippen LogP contribution in [0.4, 0.5) is 0 Å². The number of rotatable bonds is 4. The molecule has 0 aromatic heterocycles. The molecule has 0 aliphatic carbocycles. The van der Waals surface area contributed by atoms with Gasteiger partial charge in [-0.1, -0.05) is 68.5 Å². The van der Waals surface area contributed by atoms with Crippen LogP contribution in [0.1, 0.15) is 26.3 Å². The second-order valence-corrected chi connectivity index (χ2v) is 4.51. The second kappa shape index (κ2) is 5.66. The fourth-order valence-corrected chi connectivity index (χ4v) is 1.17. The first-order valence-electron chi connectivity index (χ1n) is 5.66. The minimum absolute atomic E-state index is 0.217. The van der Waals surface area contributed by atoms with E-state index in [4.69, 9.17) is 0 Å². The van der Waals surface area contributed by atoms with Gasteiger partial charge in [-0.05, 0) is 18.4 Å². The monoisotopic (exact) mass is 216 g/mol. The summed E-state index contributed by atoms with van der Waals surface area (Å²) in [4.78, 5) is 0. The van der Waals surface area contributed by atoms with Crippen molar-refractivity contribution in [3.05, 3.63) is 54.1 Å². The second-order valence-electron chi connectivity index (χ2n) is 4.51. The molecule has 0 aliphatic rings. The predicted octanol–water partition coefficient (Wildman–Crippen LogP) is 3.66. The van der Waals surface area contributed by atoms with Gasteiger partial charge in [0.2, 0.25) is 0 Å². The van der Waals surface area contributed by atoms with E-state index < -0.39 is 5.60 Å². The first-order chi connectivity index (χ1) is 7.52. The van der Waals surface area contributed by atoms with Crippen molar-refractivity contribution in [2.75, 3.05) is 0 Å². The van der Waals surface area contributed by atoms with Crippen molar-refractivity contribution in [2.24, 2.45) is 5.92 Å². The van der Waals surface area contributed by atoms with Crippen molar-refractivity contribution in [1.82, 2.24) is 0 Å². The lowest BCUT2D eigenvalue weighted by Crippen LogP contribution is -2.27. The molecule has 1 rings (SSSR count). The molecule has 16 heavy (non-hydrogen) atoms. The normalized spacial score (nSPS) is 16.1. The van der Waals surface area contributed by atoms with E-state index in [1.54, 1.807) is 0 Å². The van der Waals surface area contributed by atoms with Crippen molar-refractivity contribution < 1.29 is 5.11 Å². The van der Waals surface area contributed by atoms with E-state index >= 15 is 0 Å². The molecule has 0 spiro atoms. The molecule has 0 amide bonds. The Balaban J connectivity index is 2.58. The number of aliphatic hydroxyl groups is 1. The van der Waals surface area contributed by atoms with Crippen molar-refractivity contribution in [1.29, 1.82) is 0 Å². The summed E-state index contributed by atoms with van der Waals surface area (Å²) in [5.41, 5.74) is 0.428. The summed E-state index contributed by atoms with van der Waals surface area (Å²) < 4.78 is 0. The minimum atomic E-state index is -0.735. The fraction of sp³-hybridized carbons (Fsp3) is 0.333. The summed E-state index contributed by atoms with van der Waals surface area (Å²) in [6.07, 6.45) is 7.70. The lowest BCUT2D eigenvalue weighted by molar-refractivity contribution is 0.0626. The quantitative estimate of drug-likeness (QED) is 0.761. The number of hydrogen-bond acceptors (Lipinski definition) is 1. The number of hydrogen-bond donors (Lipinski definition) is 1. The third kappa shape index (κ3) is 4.03. The fourth-order valence-electron chi connectivity index (χ4n) is 1.17. The molecule has 0 saturated heterocycles. The Bertz CT molecular complexity index is 358. The van der Waals surface area contributed by atoms with Crippen molar-refractivity contribution in [3.8, 4) is 0 Å². The maximum absolute atomic E-state index is 9.97. The van der Waals surface area contributed by atoms with E-state index in [9.17, 15) is 5.11 Å². The van der Waals surface area contributed by atoms with Crippen molar-refractivity contribution in [3.63, 3.8) is 0 Å². The Hall–Kier alpha value is -1.34. The predicted molar refractivity (Wildman–Crippen MR) is 70.1 cm³/mol. The maximum atomic E-state index is 9.97. The van der Waals surface area contributed by atoms with E-state index in [-0.39, 0.29) is 5.92 Å². The van der Waals surface area contributed by atoms with Gasteiger partial charge in [0.05, 0.1) is 5.60 Å². The number of allylic oxidation sites excluding steroid dienone is 2. The highest BCUT2D eigenvalue weighted by Crippen LogP contribution is 2.17. The van der Waals surface area contributed by atoms with Crippen LogP contribution in [0.3, 0.4) is 0 Å². The van der Waals surface area contributed by atoms with Gasteiger partial charge >= 0.3 is 0 Å². The summed E-state index contributed by atoms with van der Waals surface area (Å²) in [6.45, 7) is 5.83. The molecule has 1 nitrogen and oxygen atoms in total. The Morgan fingerprint density at radius 2 is 1.75 bits per heavy atom. The van der Waals surface area contributed by atoms with E-state index in [1.165, 1.54) is 0 Å². The number of benzene rings is 1. The van der Waals surface area contributed by atoms with E-state index in [0.29, 0.717) is 0 Å². The molecule has 1 unspecified atom stereocenters. The first-order valence-corrected chi connectivity index (χ1v) is 5.66. The van der Waals surface area contributed by atoms with Gasteiger partial charge < -0.3 is 5.11 Å². The zero-order chi connectivity index (χ0) is 12.0. The van der Waals surface area contributed by atoms with Gasteiger partial charge in [0.15, 0.2) is 0 Å². The Labute approximate surface area is 98.1 Å². The van der Waals surface area contributed by atoms with E-state index in [1.807, 2.05) is 75.4 Å². The highest BCUT2D eigenvalue weighted by Gasteiger charge is 2.20. The third-order valence-electron chi connectivity index (χ3n) is 2.80. The van der Waals surface area contributed by atoms with Crippen LogP contribution >= 0.6 is 0 Å². The molecule has 1 aromatic rings. The molecule has 1 heteroatoms. The standard InChI is InChI=1S/C15H20O/c1-13(2)15(3,16)12-8-7-11-14-9-5-4-6-10-14/h4-13,16H,1-3H3/b11-7+,12-8+. The zero-order valence-electron chi connectivity index (χ0n) is 10.2. The molecular weight excluding hydrogens is 196 g/mol. The van der Waals surface area contributed by atoms with Gasteiger partial charge in [0.25, 0.3) is 0 Å². The van der Waals surface area contributed by atoms with Gasteiger partial charge in [-0.25, -0.2) is 0 Å². The Kier molecular flexibility index (Phi) is 4.51. The lowest BCUT2D eigenvalue weighted by atomic mass is 9.92. The Morgan fingerprint density at radius 1 is 1.12 bits per heavy atom. The molecule has 86 valence electrons. The van der Waals surface area contributed by atoms with Crippen molar-refractivity contribution in [2.45, 2.75) is 26.4 Å². The van der Waals surface area contributed by atoms with Gasteiger partial charge in [-0.3, -0.25) is 0 Å². The van der Waals surface area contributed by atoms with Crippen LogP contribution in [0, 0.1) is 5.92 Å². The molecular formula is C15H20O. The zero-order valence-corrected chi connectivity index (χ0v) is 10.2. The van der Waals surface area contributed by atoms with Crippen LogP contribution in [0.15, 0.2) is 48.6 Å². The highest BCUT2D eigenvalue weighted by molar-refractivity contribution is 5.50. The van der Waals surface area contributed by atoms with Gasteiger partial charge in [-0.2, -0.15) is 0 Å². The SMILES string of the molecule is CC(C)C(C)(O)/C=C/C=C/c1ccccc1. The van der Waals surface area contributed by atoms with Crippen LogP contribution < -0.4 is 0 Å². The highest BCUT2D eigenvalue weighted by atomic mass is 16.3. The summed E-state index contributed by atoms with van der Waals surface area (Å²) >= 11 is 0. The molecule has 1 aromatic carbocycles. The molecule has 0 radical (unpaired) electrons. The molecule has 1 atom stereocenters. The minimum Gasteiger partial charge on any atom is -0.386 e. The van der Waals surface area contributed by atoms with Gasteiger partial charge in [0, 0.05) is 0 Å². The largest absolute Gasteiger partial charge is 0.386 e. The Morgan fingerprint density at radius 3 is 2.31 bits per heavy atom. The average molecular weight is 216 g/mol. The van der Waals surface area contributed by atoms with Gasteiger partial charge in [0.1, 0.15) is 0 Å². The van der Waals surface area contributed by atoms with E-state index in [0.717, 1.165) is 5.56 Å². The van der Waals surface area contributed by atoms with Crippen LogP contribution in [-0.2, 0) is 0 Å². The maximum Gasteiger partial charge on any atom is 0.0825 e. The van der Waals surface area contributed by atoms with Crippen LogP contribution in [0.25, 0.3) is 6.08 Å². The molecule has 0 aliphatic heterocycles. The topological polar surface area (TPSA) is 20.2 Å². The third-order valence-corrected chi connectivity index (χ3v) is 2.80. The average Bonchev–Trinajstić information content (AvgIpc) is 2.26. The van der Waals surface area contributed by atoms with Crippen LogP contribution in [-0.4, -0.2) is 10.7 Å². The molecule has 0 saturated carbocycles. The smallest absolute Gasteiger partial charge is 0.0825 e. The summed E-state index contributed by atoms with van der Waals surface area (Å²) in [7, 11) is 0. The lowest BCUT2D eigenvalue weighted by Gasteiger charge is -2.23. The van der Waals surface area contributed by atoms with Crippen molar-refractivity contribution >= 4 is 6.08 Å². The molecule has 0 bridgehead atoms. The molecule has 0 heterocycles. The molecule has 1 N–H and O–H groups in total. The van der Waals surface area contributed by atoms with Crippen LogP contribution in [0.5, 0.6) is 0 Å².